The van der Waals surface area contributed by atoms with E-state index in [0.717, 1.165) is 31.8 Å². The number of alkyl halides is 1. The summed E-state index contributed by atoms with van der Waals surface area (Å²) in [6.07, 6.45) is 2.51. The van der Waals surface area contributed by atoms with Gasteiger partial charge in [-0.25, -0.2) is 0 Å². The van der Waals surface area contributed by atoms with Crippen LogP contribution < -0.4 is 0 Å². The lowest BCUT2D eigenvalue weighted by Crippen LogP contribution is -2.57. The molecule has 0 N–H and O–H groups in total. The summed E-state index contributed by atoms with van der Waals surface area (Å²) >= 11 is 14.0. The first-order chi connectivity index (χ1) is 18.7. The van der Waals surface area contributed by atoms with E-state index in [4.69, 9.17) is 23.2 Å². The molecule has 3 amide bonds. The fourth-order valence-electron chi connectivity index (χ4n) is 6.20. The van der Waals surface area contributed by atoms with Crippen LogP contribution in [0.2, 0.25) is 5.02 Å². The third-order valence-electron chi connectivity index (χ3n) is 8.37. The number of fused-ring (bicyclic) bond motifs is 2. The van der Waals surface area contributed by atoms with Gasteiger partial charge in [0.05, 0.1) is 28.6 Å². The molecule has 7 nitrogen and oxygen atoms in total. The van der Waals surface area contributed by atoms with Crippen molar-refractivity contribution in [3.8, 4) is 11.1 Å². The number of aryl methyl sites for hydroxylation is 1. The van der Waals surface area contributed by atoms with E-state index < -0.39 is 0 Å². The fourth-order valence-corrected chi connectivity index (χ4v) is 7.77. The molecule has 39 heavy (non-hydrogen) atoms. The lowest BCUT2D eigenvalue weighted by molar-refractivity contribution is -0.142. The minimum absolute atomic E-state index is 0.00195. The molecule has 2 unspecified atom stereocenters. The van der Waals surface area contributed by atoms with E-state index in [0.29, 0.717) is 37.6 Å². The van der Waals surface area contributed by atoms with Gasteiger partial charge in [0.15, 0.2) is 0 Å². The Morgan fingerprint density at radius 2 is 1.74 bits per heavy atom. The molecule has 1 saturated carbocycles. The molecule has 1 aromatic carbocycles. The molecule has 204 valence electrons. The summed E-state index contributed by atoms with van der Waals surface area (Å²) in [7, 11) is 0. The van der Waals surface area contributed by atoms with Crippen LogP contribution >= 0.6 is 34.5 Å². The van der Waals surface area contributed by atoms with Crippen LogP contribution in [0.25, 0.3) is 21.3 Å². The van der Waals surface area contributed by atoms with E-state index >= 15 is 0 Å². The summed E-state index contributed by atoms with van der Waals surface area (Å²) in [6.45, 7) is 8.68. The van der Waals surface area contributed by atoms with Crippen molar-refractivity contribution in [3.05, 3.63) is 51.5 Å². The zero-order chi connectivity index (χ0) is 27.6. The third-order valence-corrected chi connectivity index (χ3v) is 9.96. The molecule has 4 heterocycles. The maximum Gasteiger partial charge on any atom is 0.237 e. The third kappa shape index (κ3) is 4.75. The summed E-state index contributed by atoms with van der Waals surface area (Å²) in [5.41, 5.74) is 5.22. The number of pyridine rings is 1. The van der Waals surface area contributed by atoms with Gasteiger partial charge in [-0.05, 0) is 68.1 Å². The van der Waals surface area contributed by atoms with E-state index in [1.54, 1.807) is 17.5 Å². The Morgan fingerprint density at radius 3 is 2.41 bits per heavy atom. The van der Waals surface area contributed by atoms with Gasteiger partial charge in [0.1, 0.15) is 5.88 Å². The van der Waals surface area contributed by atoms with Crippen molar-refractivity contribution in [2.24, 2.45) is 11.8 Å². The molecule has 0 radical (unpaired) electrons. The molecule has 4 atom stereocenters. The van der Waals surface area contributed by atoms with E-state index in [1.807, 2.05) is 29.2 Å². The number of piperazine rings is 1. The predicted octanol–water partition coefficient (Wildman–Crippen LogP) is 5.09. The number of halogens is 2. The standard InChI is InChI=1S/C29H30Cl2N4O3S/c1-15-6-18(31)7-21(24(15)14-34-16(2)11-33(12-17(34)3)26(36)10-30)20-4-5-32-25-8-19(39-27(20)25)13-35-28(37)22-9-23(22)29(35)38/h4-8,16-17,22-23H,9-14H2,1-3H3/t16-,17-,22?,23?/m0/s1. The van der Waals surface area contributed by atoms with Crippen molar-refractivity contribution in [2.45, 2.75) is 52.4 Å². The predicted molar refractivity (Wildman–Crippen MR) is 154 cm³/mol. The van der Waals surface area contributed by atoms with Gasteiger partial charge in [0.25, 0.3) is 0 Å². The van der Waals surface area contributed by atoms with Gasteiger partial charge in [-0.2, -0.15) is 0 Å². The summed E-state index contributed by atoms with van der Waals surface area (Å²) in [4.78, 5) is 48.6. The maximum absolute atomic E-state index is 12.5. The molecule has 10 heteroatoms. The molecule has 1 aliphatic carbocycles. The number of likely N-dealkylation sites (tertiary alicyclic amines) is 1. The molecule has 0 bridgehead atoms. The Morgan fingerprint density at radius 1 is 1.05 bits per heavy atom. The second kappa shape index (κ2) is 10.1. The van der Waals surface area contributed by atoms with Crippen LogP contribution in [0, 0.1) is 18.8 Å². The summed E-state index contributed by atoms with van der Waals surface area (Å²) in [5, 5.41) is 0.666. The first-order valence-corrected chi connectivity index (χ1v) is 15.0. The van der Waals surface area contributed by atoms with Crippen LogP contribution in [0.5, 0.6) is 0 Å². The van der Waals surface area contributed by atoms with E-state index in [2.05, 4.69) is 30.7 Å². The molecule has 2 aromatic heterocycles. The number of benzene rings is 1. The van der Waals surface area contributed by atoms with Crippen LogP contribution in [0.4, 0.5) is 0 Å². The van der Waals surface area contributed by atoms with Crippen LogP contribution in [-0.2, 0) is 27.5 Å². The minimum atomic E-state index is -0.0998. The normalized spacial score (nSPS) is 25.1. The molecule has 6 rings (SSSR count). The van der Waals surface area contributed by atoms with Gasteiger partial charge in [-0.15, -0.1) is 22.9 Å². The number of thiophene rings is 1. The van der Waals surface area contributed by atoms with Crippen LogP contribution in [-0.4, -0.2) is 68.5 Å². The average molecular weight is 586 g/mol. The highest BCUT2D eigenvalue weighted by atomic mass is 35.5. The van der Waals surface area contributed by atoms with Gasteiger partial charge >= 0.3 is 0 Å². The van der Waals surface area contributed by atoms with Gasteiger partial charge in [-0.3, -0.25) is 29.2 Å². The number of imide groups is 1. The van der Waals surface area contributed by atoms with Crippen LogP contribution in [0.15, 0.2) is 30.5 Å². The Bertz CT molecular complexity index is 1480. The Hall–Kier alpha value is -2.52. The number of nitrogens with zero attached hydrogens (tertiary/aromatic N) is 4. The van der Waals surface area contributed by atoms with Crippen molar-refractivity contribution in [1.29, 1.82) is 0 Å². The number of hydrogen-bond donors (Lipinski definition) is 0. The first kappa shape index (κ1) is 26.7. The Labute approximate surface area is 241 Å². The number of piperidine rings is 1. The highest BCUT2D eigenvalue weighted by molar-refractivity contribution is 7.19. The summed E-state index contributed by atoms with van der Waals surface area (Å²) in [5.74, 6) is -0.309. The van der Waals surface area contributed by atoms with Crippen molar-refractivity contribution in [3.63, 3.8) is 0 Å². The van der Waals surface area contributed by atoms with E-state index in [-0.39, 0.29) is 47.5 Å². The van der Waals surface area contributed by atoms with Crippen molar-refractivity contribution < 1.29 is 14.4 Å². The van der Waals surface area contributed by atoms with Gasteiger partial charge in [0.2, 0.25) is 17.7 Å². The zero-order valence-electron chi connectivity index (χ0n) is 22.1. The lowest BCUT2D eigenvalue weighted by atomic mass is 9.94. The number of rotatable bonds is 6. The van der Waals surface area contributed by atoms with E-state index in [9.17, 15) is 14.4 Å². The van der Waals surface area contributed by atoms with Crippen molar-refractivity contribution in [2.75, 3.05) is 19.0 Å². The molecule has 3 aliphatic rings. The molecule has 0 spiro atoms. The molecule has 3 aromatic rings. The summed E-state index contributed by atoms with van der Waals surface area (Å²) in [6, 6.07) is 8.34. The number of amides is 3. The molecule has 2 saturated heterocycles. The summed E-state index contributed by atoms with van der Waals surface area (Å²) < 4.78 is 1.01. The molecule has 2 aliphatic heterocycles. The van der Waals surface area contributed by atoms with Crippen molar-refractivity contribution >= 4 is 62.5 Å². The number of hydrogen-bond acceptors (Lipinski definition) is 6. The number of aromatic nitrogens is 1. The lowest BCUT2D eigenvalue weighted by Gasteiger charge is -2.44. The maximum atomic E-state index is 12.5. The quantitative estimate of drug-likeness (QED) is 0.298. The largest absolute Gasteiger partial charge is 0.339 e. The van der Waals surface area contributed by atoms with Gasteiger partial charge in [0, 0.05) is 53.4 Å². The Balaban J connectivity index is 1.33. The topological polar surface area (TPSA) is 73.8 Å². The highest BCUT2D eigenvalue weighted by Gasteiger charge is 2.58. The second-order valence-corrected chi connectivity index (χ2v) is 12.9. The minimum Gasteiger partial charge on any atom is -0.339 e. The van der Waals surface area contributed by atoms with Gasteiger partial charge in [-0.1, -0.05) is 11.6 Å². The monoisotopic (exact) mass is 584 g/mol. The molecular weight excluding hydrogens is 555 g/mol. The smallest absolute Gasteiger partial charge is 0.237 e. The van der Waals surface area contributed by atoms with E-state index in [1.165, 1.54) is 10.5 Å². The second-order valence-electron chi connectivity index (χ2n) is 11.0. The van der Waals surface area contributed by atoms with Crippen molar-refractivity contribution in [1.82, 2.24) is 19.7 Å². The molecular formula is C29H30Cl2N4O3S. The Kier molecular flexibility index (Phi) is 6.94. The first-order valence-electron chi connectivity index (χ1n) is 13.3. The highest BCUT2D eigenvalue weighted by Crippen LogP contribution is 2.48. The number of carbonyl (C=O) groups is 3. The number of carbonyl (C=O) groups excluding carboxylic acids is 3. The molecule has 3 fully saturated rings. The van der Waals surface area contributed by atoms with Crippen LogP contribution in [0.1, 0.15) is 36.3 Å². The fraction of sp³-hybridized carbons (Fsp3) is 0.448. The average Bonchev–Trinajstić information content (AvgIpc) is 3.54. The van der Waals surface area contributed by atoms with Crippen LogP contribution in [0.3, 0.4) is 0 Å². The SMILES string of the molecule is Cc1cc(Cl)cc(-c2ccnc3cc(CN4C(=O)C5CC5C4=O)sc23)c1CN1[C@@H](C)CN(C(=O)CCl)C[C@@H]1C. The van der Waals surface area contributed by atoms with Gasteiger partial charge < -0.3 is 4.90 Å². The zero-order valence-corrected chi connectivity index (χ0v) is 24.4.